The van der Waals surface area contributed by atoms with Crippen molar-refractivity contribution in [3.05, 3.63) is 29.8 Å². The van der Waals surface area contributed by atoms with Gasteiger partial charge < -0.3 is 16.0 Å². The lowest BCUT2D eigenvalue weighted by atomic mass is 10.1. The highest BCUT2D eigenvalue weighted by Gasteiger charge is 2.21. The summed E-state index contributed by atoms with van der Waals surface area (Å²) < 4.78 is 0. The molecule has 4 nitrogen and oxygen atoms in total. The summed E-state index contributed by atoms with van der Waals surface area (Å²) in [5.41, 5.74) is 7.36. The van der Waals surface area contributed by atoms with E-state index in [1.165, 1.54) is 0 Å². The summed E-state index contributed by atoms with van der Waals surface area (Å²) in [4.78, 5) is 14.2. The lowest BCUT2D eigenvalue weighted by molar-refractivity contribution is -0.122. The smallest absolute Gasteiger partial charge is 0.242 e. The van der Waals surface area contributed by atoms with Gasteiger partial charge in [-0.1, -0.05) is 24.4 Å². The summed E-state index contributed by atoms with van der Waals surface area (Å²) in [6, 6.07) is 7.38. The van der Waals surface area contributed by atoms with Crippen molar-refractivity contribution in [1.82, 2.24) is 5.32 Å². The van der Waals surface area contributed by atoms with E-state index in [1.54, 1.807) is 0 Å². The van der Waals surface area contributed by atoms with E-state index in [-0.39, 0.29) is 18.0 Å². The lowest BCUT2D eigenvalue weighted by Gasteiger charge is -2.28. The van der Waals surface area contributed by atoms with Crippen molar-refractivity contribution in [2.75, 3.05) is 11.9 Å². The molecule has 0 saturated carbocycles. The van der Waals surface area contributed by atoms with E-state index < -0.39 is 0 Å². The van der Waals surface area contributed by atoms with E-state index in [0.29, 0.717) is 4.99 Å². The Morgan fingerprint density at radius 3 is 2.42 bits per heavy atom. The maximum Gasteiger partial charge on any atom is 0.242 e. The van der Waals surface area contributed by atoms with E-state index in [0.717, 1.165) is 11.3 Å². The fraction of sp³-hybridized carbons (Fsp3) is 0.429. The highest BCUT2D eigenvalue weighted by atomic mass is 32.1. The molecule has 1 aromatic rings. The highest BCUT2D eigenvalue weighted by molar-refractivity contribution is 7.80. The second-order valence-corrected chi connectivity index (χ2v) is 5.27. The average Bonchev–Trinajstić information content (AvgIpc) is 2.36. The first-order valence-electron chi connectivity index (χ1n) is 6.26. The van der Waals surface area contributed by atoms with Crippen molar-refractivity contribution in [3.8, 4) is 0 Å². The Bertz CT molecular complexity index is 474. The molecule has 104 valence electrons. The summed E-state index contributed by atoms with van der Waals surface area (Å²) >= 11 is 5.04. The van der Waals surface area contributed by atoms with Gasteiger partial charge in [0.15, 0.2) is 0 Å². The summed E-state index contributed by atoms with van der Waals surface area (Å²) in [7, 11) is 1.86. The highest BCUT2D eigenvalue weighted by Crippen LogP contribution is 2.21. The zero-order valence-electron chi connectivity index (χ0n) is 11.8. The SMILES string of the molecule is CC(C)NC(=O)C(C)N(C)c1ccccc1C(N)=S. The van der Waals surface area contributed by atoms with Crippen LogP contribution >= 0.6 is 12.2 Å². The molecule has 1 rings (SSSR count). The van der Waals surface area contributed by atoms with Gasteiger partial charge in [0.1, 0.15) is 11.0 Å². The van der Waals surface area contributed by atoms with Crippen LogP contribution in [0.2, 0.25) is 0 Å². The lowest BCUT2D eigenvalue weighted by Crippen LogP contribution is -2.46. The molecule has 0 fully saturated rings. The maximum atomic E-state index is 12.0. The van der Waals surface area contributed by atoms with Crippen LogP contribution in [-0.2, 0) is 4.79 Å². The van der Waals surface area contributed by atoms with Crippen LogP contribution in [0.3, 0.4) is 0 Å². The van der Waals surface area contributed by atoms with Crippen LogP contribution in [0.5, 0.6) is 0 Å². The maximum absolute atomic E-state index is 12.0. The first kappa shape index (κ1) is 15.4. The minimum absolute atomic E-state index is 0.0183. The number of likely N-dealkylation sites (N-methyl/N-ethyl adjacent to an activating group) is 1. The van der Waals surface area contributed by atoms with Crippen molar-refractivity contribution in [3.63, 3.8) is 0 Å². The van der Waals surface area contributed by atoms with E-state index in [2.05, 4.69) is 5.32 Å². The molecular weight excluding hydrogens is 258 g/mol. The largest absolute Gasteiger partial charge is 0.389 e. The summed E-state index contributed by atoms with van der Waals surface area (Å²) in [5, 5.41) is 2.90. The Balaban J connectivity index is 2.97. The Morgan fingerprint density at radius 2 is 1.89 bits per heavy atom. The predicted molar refractivity (Wildman–Crippen MR) is 83.5 cm³/mol. The molecular formula is C14H21N3OS. The summed E-state index contributed by atoms with van der Waals surface area (Å²) in [5.74, 6) is -0.0183. The van der Waals surface area contributed by atoms with Crippen LogP contribution in [0.4, 0.5) is 5.69 Å². The van der Waals surface area contributed by atoms with Gasteiger partial charge in [0, 0.05) is 24.3 Å². The molecule has 0 heterocycles. The topological polar surface area (TPSA) is 58.4 Å². The van der Waals surface area contributed by atoms with Gasteiger partial charge in [0.05, 0.1) is 0 Å². The number of rotatable bonds is 5. The van der Waals surface area contributed by atoms with Gasteiger partial charge in [-0.25, -0.2) is 0 Å². The first-order chi connectivity index (χ1) is 8.84. The number of para-hydroxylation sites is 1. The Hall–Kier alpha value is -1.62. The molecule has 1 unspecified atom stereocenters. The molecule has 1 atom stereocenters. The van der Waals surface area contributed by atoms with Crippen LogP contribution in [0, 0.1) is 0 Å². The van der Waals surface area contributed by atoms with E-state index >= 15 is 0 Å². The van der Waals surface area contributed by atoms with Gasteiger partial charge in [0.25, 0.3) is 0 Å². The Kier molecular flexibility index (Phi) is 5.30. The molecule has 0 saturated heterocycles. The quantitative estimate of drug-likeness (QED) is 0.805. The number of nitrogens with one attached hydrogen (secondary N) is 1. The molecule has 0 radical (unpaired) electrons. The Morgan fingerprint density at radius 1 is 1.32 bits per heavy atom. The van der Waals surface area contributed by atoms with Crippen molar-refractivity contribution in [2.45, 2.75) is 32.9 Å². The molecule has 1 amide bonds. The van der Waals surface area contributed by atoms with E-state index in [9.17, 15) is 4.79 Å². The van der Waals surface area contributed by atoms with Gasteiger partial charge in [-0.3, -0.25) is 4.79 Å². The van der Waals surface area contributed by atoms with Gasteiger partial charge in [-0.05, 0) is 32.9 Å². The molecule has 1 aromatic carbocycles. The fourth-order valence-electron chi connectivity index (χ4n) is 1.78. The third-order valence-corrected chi connectivity index (χ3v) is 3.16. The van der Waals surface area contributed by atoms with Crippen molar-refractivity contribution in [2.24, 2.45) is 5.73 Å². The number of carbonyl (C=O) groups excluding carboxylic acids is 1. The first-order valence-corrected chi connectivity index (χ1v) is 6.67. The zero-order chi connectivity index (χ0) is 14.6. The number of hydrogen-bond acceptors (Lipinski definition) is 3. The predicted octanol–water partition coefficient (Wildman–Crippen LogP) is 1.67. The number of anilines is 1. The fourth-order valence-corrected chi connectivity index (χ4v) is 1.95. The van der Waals surface area contributed by atoms with Gasteiger partial charge in [-0.15, -0.1) is 0 Å². The van der Waals surface area contributed by atoms with Gasteiger partial charge in [0.2, 0.25) is 5.91 Å². The van der Waals surface area contributed by atoms with Gasteiger partial charge in [-0.2, -0.15) is 0 Å². The van der Waals surface area contributed by atoms with Gasteiger partial charge >= 0.3 is 0 Å². The average molecular weight is 279 g/mol. The molecule has 0 spiro atoms. The minimum Gasteiger partial charge on any atom is -0.389 e. The third-order valence-electron chi connectivity index (χ3n) is 2.94. The zero-order valence-corrected chi connectivity index (χ0v) is 12.6. The number of benzene rings is 1. The summed E-state index contributed by atoms with van der Waals surface area (Å²) in [6.45, 7) is 5.73. The number of hydrogen-bond donors (Lipinski definition) is 2. The molecule has 0 aliphatic heterocycles. The molecule has 19 heavy (non-hydrogen) atoms. The van der Waals surface area contributed by atoms with E-state index in [1.807, 2.05) is 57.0 Å². The summed E-state index contributed by atoms with van der Waals surface area (Å²) in [6.07, 6.45) is 0. The molecule has 0 aliphatic rings. The van der Waals surface area contributed by atoms with Crippen LogP contribution in [0.1, 0.15) is 26.3 Å². The third kappa shape index (κ3) is 3.92. The van der Waals surface area contributed by atoms with Crippen molar-refractivity contribution in [1.29, 1.82) is 0 Å². The normalized spacial score (nSPS) is 12.1. The number of thiocarbonyl (C=S) groups is 1. The standard InChI is InChI=1S/C14H21N3OS/c1-9(2)16-14(18)10(3)17(4)12-8-6-5-7-11(12)13(15)19/h5-10H,1-4H3,(H2,15,19)(H,16,18). The monoisotopic (exact) mass is 279 g/mol. The van der Waals surface area contributed by atoms with Crippen molar-refractivity contribution < 1.29 is 4.79 Å². The number of amides is 1. The van der Waals surface area contributed by atoms with Crippen LogP contribution in [-0.4, -0.2) is 30.0 Å². The second-order valence-electron chi connectivity index (χ2n) is 4.83. The van der Waals surface area contributed by atoms with Crippen LogP contribution in [0.15, 0.2) is 24.3 Å². The second kappa shape index (κ2) is 6.52. The Labute approximate surface area is 120 Å². The number of carbonyl (C=O) groups is 1. The molecule has 0 aromatic heterocycles. The molecule has 5 heteroatoms. The number of nitrogens with zero attached hydrogens (tertiary/aromatic N) is 1. The molecule has 3 N–H and O–H groups in total. The molecule has 0 bridgehead atoms. The van der Waals surface area contributed by atoms with Crippen molar-refractivity contribution >= 4 is 28.8 Å². The van der Waals surface area contributed by atoms with E-state index in [4.69, 9.17) is 18.0 Å². The minimum atomic E-state index is -0.294. The molecule has 0 aliphatic carbocycles. The van der Waals surface area contributed by atoms with Crippen LogP contribution in [0.25, 0.3) is 0 Å². The van der Waals surface area contributed by atoms with Crippen LogP contribution < -0.4 is 16.0 Å². The number of nitrogens with two attached hydrogens (primary N) is 1.